The van der Waals surface area contributed by atoms with E-state index in [9.17, 15) is 4.79 Å². The Morgan fingerprint density at radius 2 is 2.35 bits per heavy atom. The van der Waals surface area contributed by atoms with Gasteiger partial charge in [0, 0.05) is 13.1 Å². The van der Waals surface area contributed by atoms with Gasteiger partial charge in [-0.1, -0.05) is 11.8 Å². The summed E-state index contributed by atoms with van der Waals surface area (Å²) in [4.78, 5) is 18.4. The van der Waals surface area contributed by atoms with Crippen molar-refractivity contribution in [1.82, 2.24) is 14.7 Å². The molecule has 0 saturated carbocycles. The Bertz CT molecular complexity index is 466. The van der Waals surface area contributed by atoms with Crippen molar-refractivity contribution in [1.29, 1.82) is 0 Å². The van der Waals surface area contributed by atoms with Crippen molar-refractivity contribution in [2.45, 2.75) is 20.4 Å². The molecule has 2 heterocycles. The molecule has 0 bridgehead atoms. The maximum absolute atomic E-state index is 12.4. The lowest BCUT2D eigenvalue weighted by Gasteiger charge is -2.16. The number of thioether (sulfide) groups is 1. The second-order valence-electron chi connectivity index (χ2n) is 3.81. The minimum atomic E-state index is -0.00181. The first-order chi connectivity index (χ1) is 8.17. The molecule has 0 atom stereocenters. The van der Waals surface area contributed by atoms with Gasteiger partial charge in [0.15, 0.2) is 5.17 Å². The lowest BCUT2D eigenvalue weighted by molar-refractivity contribution is 0.0849. The Balaban J connectivity index is 2.28. The molecule has 0 fully saturated rings. The number of amidine groups is 1. The van der Waals surface area contributed by atoms with Gasteiger partial charge in [0.05, 0.1) is 12.2 Å². The van der Waals surface area contributed by atoms with Crippen LogP contribution in [-0.4, -0.2) is 45.1 Å². The van der Waals surface area contributed by atoms with E-state index < -0.39 is 0 Å². The second-order valence-corrected chi connectivity index (χ2v) is 4.59. The molecular weight excluding hydrogens is 236 g/mol. The van der Waals surface area contributed by atoms with Gasteiger partial charge in [0.2, 0.25) is 0 Å². The van der Waals surface area contributed by atoms with Crippen LogP contribution in [0.4, 0.5) is 0 Å². The molecule has 0 unspecified atom stereocenters. The van der Waals surface area contributed by atoms with Gasteiger partial charge >= 0.3 is 0 Å². The number of amides is 1. The topological polar surface area (TPSA) is 50.5 Å². The van der Waals surface area contributed by atoms with Gasteiger partial charge in [-0.3, -0.25) is 19.4 Å². The molecule has 0 aromatic carbocycles. The predicted molar refractivity (Wildman–Crippen MR) is 69.5 cm³/mol. The summed E-state index contributed by atoms with van der Waals surface area (Å²) in [5.74, 6) is -0.00181. The summed E-state index contributed by atoms with van der Waals surface area (Å²) < 4.78 is 1.74. The maximum Gasteiger partial charge on any atom is 0.278 e. The quantitative estimate of drug-likeness (QED) is 0.799. The maximum atomic E-state index is 12.4. The molecule has 2 rings (SSSR count). The first-order valence-corrected chi connectivity index (χ1v) is 6.84. The van der Waals surface area contributed by atoms with Crippen LogP contribution < -0.4 is 0 Å². The summed E-state index contributed by atoms with van der Waals surface area (Å²) in [7, 11) is 0. The highest BCUT2D eigenvalue weighted by atomic mass is 32.2. The van der Waals surface area contributed by atoms with Crippen LogP contribution in [-0.2, 0) is 6.54 Å². The van der Waals surface area contributed by atoms with Crippen LogP contribution in [0.2, 0.25) is 0 Å². The van der Waals surface area contributed by atoms with Crippen molar-refractivity contribution in [2.24, 2.45) is 4.99 Å². The summed E-state index contributed by atoms with van der Waals surface area (Å²) in [5, 5.41) is 5.10. The molecule has 1 aliphatic rings. The van der Waals surface area contributed by atoms with E-state index in [1.165, 1.54) is 11.8 Å². The molecule has 5 nitrogen and oxygen atoms in total. The van der Waals surface area contributed by atoms with E-state index in [0.29, 0.717) is 25.3 Å². The molecule has 0 radical (unpaired) electrons. The van der Waals surface area contributed by atoms with Gasteiger partial charge in [-0.05, 0) is 26.2 Å². The first-order valence-electron chi connectivity index (χ1n) is 5.62. The molecule has 17 heavy (non-hydrogen) atoms. The fourth-order valence-corrected chi connectivity index (χ4v) is 2.50. The summed E-state index contributed by atoms with van der Waals surface area (Å²) in [6.07, 6.45) is 1.94. The van der Waals surface area contributed by atoms with E-state index >= 15 is 0 Å². The predicted octanol–water partition coefficient (Wildman–Crippen LogP) is 1.39. The number of rotatable bonds is 2. The number of hydrogen-bond donors (Lipinski definition) is 0. The fraction of sp³-hybridized carbons (Fsp3) is 0.545. The Hall–Kier alpha value is -1.30. The van der Waals surface area contributed by atoms with E-state index in [-0.39, 0.29) is 5.91 Å². The smallest absolute Gasteiger partial charge is 0.278 e. The number of hydrogen-bond acceptors (Lipinski definition) is 4. The lowest BCUT2D eigenvalue weighted by Crippen LogP contribution is -2.34. The van der Waals surface area contributed by atoms with Crippen molar-refractivity contribution in [3.05, 3.63) is 17.5 Å². The Morgan fingerprint density at radius 3 is 3.00 bits per heavy atom. The molecule has 0 N–H and O–H groups in total. The lowest BCUT2D eigenvalue weighted by atomic mass is 10.3. The number of carbonyl (C=O) groups excluding carboxylic acids is 1. The molecule has 1 aromatic rings. The third-order valence-corrected chi connectivity index (χ3v) is 3.36. The monoisotopic (exact) mass is 252 g/mol. The fourth-order valence-electron chi connectivity index (χ4n) is 1.89. The Morgan fingerprint density at radius 1 is 1.59 bits per heavy atom. The Kier molecular flexibility index (Phi) is 3.51. The summed E-state index contributed by atoms with van der Waals surface area (Å²) >= 11 is 1.51. The van der Waals surface area contributed by atoms with Gasteiger partial charge in [0.1, 0.15) is 5.69 Å². The molecule has 1 amide bonds. The van der Waals surface area contributed by atoms with E-state index in [1.54, 1.807) is 9.58 Å². The number of nitrogens with zero attached hydrogens (tertiary/aromatic N) is 4. The van der Waals surface area contributed by atoms with Crippen LogP contribution in [0.3, 0.4) is 0 Å². The third kappa shape index (κ3) is 2.22. The van der Waals surface area contributed by atoms with Crippen molar-refractivity contribution >= 4 is 22.8 Å². The van der Waals surface area contributed by atoms with Crippen LogP contribution in [0.1, 0.15) is 23.1 Å². The number of carbonyl (C=O) groups is 1. The summed E-state index contributed by atoms with van der Waals surface area (Å²) in [6, 6.07) is 1.84. The van der Waals surface area contributed by atoms with Gasteiger partial charge in [0.25, 0.3) is 5.91 Å². The average molecular weight is 252 g/mol. The van der Waals surface area contributed by atoms with Gasteiger partial charge < -0.3 is 0 Å². The van der Waals surface area contributed by atoms with Gasteiger partial charge in [-0.25, -0.2) is 0 Å². The van der Waals surface area contributed by atoms with E-state index in [4.69, 9.17) is 0 Å². The number of aliphatic imine (C=N–C) groups is 1. The van der Waals surface area contributed by atoms with E-state index in [2.05, 4.69) is 10.1 Å². The highest BCUT2D eigenvalue weighted by molar-refractivity contribution is 8.13. The standard InChI is InChI=1S/C11H16N4OS/c1-4-15-9(7-8(2)13-15)10(16)14-6-5-12-11(14)17-3/h7H,4-6H2,1-3H3. The SMILES string of the molecule is CCn1nc(C)cc1C(=O)N1CCN=C1SC. The molecule has 0 saturated heterocycles. The number of aromatic nitrogens is 2. The van der Waals surface area contributed by atoms with Crippen LogP contribution in [0.15, 0.2) is 11.1 Å². The van der Waals surface area contributed by atoms with E-state index in [1.807, 2.05) is 26.2 Å². The number of aryl methyl sites for hydroxylation is 2. The van der Waals surface area contributed by atoms with Crippen LogP contribution in [0.5, 0.6) is 0 Å². The minimum absolute atomic E-state index is 0.00181. The summed E-state index contributed by atoms with van der Waals surface area (Å²) in [6.45, 7) is 5.95. The highest BCUT2D eigenvalue weighted by Crippen LogP contribution is 2.16. The molecule has 92 valence electrons. The van der Waals surface area contributed by atoms with Crippen molar-refractivity contribution in [3.8, 4) is 0 Å². The largest absolute Gasteiger partial charge is 0.284 e. The summed E-state index contributed by atoms with van der Waals surface area (Å²) in [5.41, 5.74) is 1.52. The third-order valence-electron chi connectivity index (χ3n) is 2.65. The second kappa shape index (κ2) is 4.91. The zero-order chi connectivity index (χ0) is 12.4. The van der Waals surface area contributed by atoms with Crippen molar-refractivity contribution < 1.29 is 4.79 Å². The minimum Gasteiger partial charge on any atom is -0.284 e. The Labute approximate surface area is 105 Å². The van der Waals surface area contributed by atoms with Gasteiger partial charge in [-0.15, -0.1) is 0 Å². The van der Waals surface area contributed by atoms with Crippen molar-refractivity contribution in [3.63, 3.8) is 0 Å². The van der Waals surface area contributed by atoms with E-state index in [0.717, 1.165) is 10.9 Å². The highest BCUT2D eigenvalue weighted by Gasteiger charge is 2.26. The zero-order valence-corrected chi connectivity index (χ0v) is 11.1. The van der Waals surface area contributed by atoms with Crippen molar-refractivity contribution in [2.75, 3.05) is 19.3 Å². The molecule has 1 aromatic heterocycles. The van der Waals surface area contributed by atoms with Gasteiger partial charge in [-0.2, -0.15) is 5.10 Å². The van der Waals surface area contributed by atoms with Crippen LogP contribution >= 0.6 is 11.8 Å². The molecule has 0 aliphatic carbocycles. The van der Waals surface area contributed by atoms with Crippen LogP contribution in [0, 0.1) is 6.92 Å². The normalized spacial score (nSPS) is 15.2. The first kappa shape index (κ1) is 12.2. The molecular formula is C11H16N4OS. The average Bonchev–Trinajstić information content (AvgIpc) is 2.93. The zero-order valence-electron chi connectivity index (χ0n) is 10.3. The molecule has 6 heteroatoms. The van der Waals surface area contributed by atoms with Crippen LogP contribution in [0.25, 0.3) is 0 Å². The molecule has 1 aliphatic heterocycles. The molecule has 0 spiro atoms.